The molecule has 0 saturated carbocycles. The van der Waals surface area contributed by atoms with E-state index in [2.05, 4.69) is 10.3 Å². The Balaban J connectivity index is 1.72. The molecular weight excluding hydrogens is 296 g/mol. The average molecular weight is 316 g/mol. The van der Waals surface area contributed by atoms with E-state index in [9.17, 15) is 4.79 Å². The van der Waals surface area contributed by atoms with Gasteiger partial charge in [-0.05, 0) is 29.2 Å². The number of nitrogens with zero attached hydrogens (tertiary/aromatic N) is 1. The number of carbonyl (C=O) groups excluding carboxylic acids is 1. The molecule has 0 aliphatic heterocycles. The average Bonchev–Trinajstić information content (AvgIpc) is 2.65. The van der Waals surface area contributed by atoms with Crippen molar-refractivity contribution in [1.82, 2.24) is 10.3 Å². The maximum atomic E-state index is 12.8. The van der Waals surface area contributed by atoms with Crippen LogP contribution < -0.4 is 5.32 Å². The van der Waals surface area contributed by atoms with Crippen LogP contribution in [0.15, 0.2) is 85.2 Å². The number of rotatable bonds is 6. The summed E-state index contributed by atoms with van der Waals surface area (Å²) >= 11 is 0. The van der Waals surface area contributed by atoms with Gasteiger partial charge in [-0.2, -0.15) is 0 Å². The molecule has 3 heteroatoms. The zero-order valence-electron chi connectivity index (χ0n) is 13.4. The molecule has 0 fully saturated rings. The third-order valence-corrected chi connectivity index (χ3v) is 3.96. The first kappa shape index (κ1) is 15.9. The zero-order valence-corrected chi connectivity index (χ0v) is 13.4. The number of pyridine rings is 1. The fourth-order valence-corrected chi connectivity index (χ4v) is 2.76. The van der Waals surface area contributed by atoms with E-state index < -0.39 is 0 Å². The normalized spacial score (nSPS) is 10.5. The number of nitrogens with one attached hydrogen (secondary N) is 1. The minimum absolute atomic E-state index is 0.0243. The van der Waals surface area contributed by atoms with Crippen molar-refractivity contribution in [2.45, 2.75) is 12.3 Å². The number of hydrogen-bond donors (Lipinski definition) is 1. The van der Waals surface area contributed by atoms with E-state index in [0.29, 0.717) is 6.54 Å². The quantitative estimate of drug-likeness (QED) is 0.755. The van der Waals surface area contributed by atoms with Gasteiger partial charge >= 0.3 is 0 Å². The fraction of sp³-hybridized carbons (Fsp3) is 0.143. The van der Waals surface area contributed by atoms with Crippen LogP contribution in [0.3, 0.4) is 0 Å². The van der Waals surface area contributed by atoms with E-state index in [0.717, 1.165) is 23.1 Å². The second-order valence-electron chi connectivity index (χ2n) is 5.66. The molecule has 1 amide bonds. The summed E-state index contributed by atoms with van der Waals surface area (Å²) in [5.41, 5.74) is 3.12. The summed E-state index contributed by atoms with van der Waals surface area (Å²) in [4.78, 5) is 16.9. The Morgan fingerprint density at radius 1 is 0.875 bits per heavy atom. The smallest absolute Gasteiger partial charge is 0.232 e. The highest BCUT2D eigenvalue weighted by Gasteiger charge is 2.21. The van der Waals surface area contributed by atoms with Crippen LogP contribution in [0, 0.1) is 0 Å². The van der Waals surface area contributed by atoms with Crippen LogP contribution in [0.25, 0.3) is 0 Å². The molecule has 1 aromatic heterocycles. The van der Waals surface area contributed by atoms with Crippen LogP contribution in [-0.4, -0.2) is 17.4 Å². The summed E-state index contributed by atoms with van der Waals surface area (Å²) in [6.07, 6.45) is 4.36. The molecule has 3 rings (SSSR count). The third-order valence-electron chi connectivity index (χ3n) is 3.96. The van der Waals surface area contributed by atoms with Crippen LogP contribution in [0.2, 0.25) is 0 Å². The van der Waals surface area contributed by atoms with E-state index in [1.165, 1.54) is 0 Å². The maximum Gasteiger partial charge on any atom is 0.232 e. The molecule has 0 radical (unpaired) electrons. The summed E-state index contributed by atoms with van der Waals surface area (Å²) in [5, 5.41) is 3.06. The monoisotopic (exact) mass is 316 g/mol. The van der Waals surface area contributed by atoms with Gasteiger partial charge in [0.1, 0.15) is 0 Å². The van der Waals surface area contributed by atoms with Crippen LogP contribution in [0.1, 0.15) is 22.6 Å². The molecule has 24 heavy (non-hydrogen) atoms. The van der Waals surface area contributed by atoms with E-state index >= 15 is 0 Å². The molecule has 3 aromatic rings. The minimum atomic E-state index is -0.290. The molecule has 3 nitrogen and oxygen atoms in total. The van der Waals surface area contributed by atoms with Crippen molar-refractivity contribution in [3.63, 3.8) is 0 Å². The lowest BCUT2D eigenvalue weighted by Gasteiger charge is -2.18. The van der Waals surface area contributed by atoms with E-state index in [1.807, 2.05) is 79.0 Å². The molecule has 0 bridgehead atoms. The lowest BCUT2D eigenvalue weighted by molar-refractivity contribution is -0.121. The van der Waals surface area contributed by atoms with E-state index in [4.69, 9.17) is 0 Å². The molecule has 120 valence electrons. The van der Waals surface area contributed by atoms with E-state index in [-0.39, 0.29) is 11.8 Å². The van der Waals surface area contributed by atoms with Crippen molar-refractivity contribution in [2.24, 2.45) is 0 Å². The van der Waals surface area contributed by atoms with Gasteiger partial charge in [0, 0.05) is 18.9 Å². The Hall–Kier alpha value is -2.94. The Morgan fingerprint density at radius 2 is 1.50 bits per heavy atom. The molecule has 0 aliphatic rings. The molecule has 0 saturated heterocycles. The predicted molar refractivity (Wildman–Crippen MR) is 95.7 cm³/mol. The Kier molecular flexibility index (Phi) is 5.36. The van der Waals surface area contributed by atoms with Gasteiger partial charge in [0.25, 0.3) is 0 Å². The van der Waals surface area contributed by atoms with Gasteiger partial charge in [-0.25, -0.2) is 0 Å². The summed E-state index contributed by atoms with van der Waals surface area (Å²) in [6.45, 7) is 0.598. The van der Waals surface area contributed by atoms with Crippen molar-refractivity contribution in [1.29, 1.82) is 0 Å². The Labute approximate surface area is 142 Å². The molecule has 0 aliphatic carbocycles. The number of hydrogen-bond acceptors (Lipinski definition) is 2. The summed E-state index contributed by atoms with van der Waals surface area (Å²) in [5.74, 6) is -0.266. The van der Waals surface area contributed by atoms with Crippen LogP contribution in [-0.2, 0) is 11.2 Å². The lowest BCUT2D eigenvalue weighted by atomic mass is 9.90. The van der Waals surface area contributed by atoms with Crippen molar-refractivity contribution >= 4 is 5.91 Å². The Morgan fingerprint density at radius 3 is 2.04 bits per heavy atom. The number of amides is 1. The molecule has 1 heterocycles. The first-order chi connectivity index (χ1) is 11.8. The van der Waals surface area contributed by atoms with Crippen molar-refractivity contribution in [3.8, 4) is 0 Å². The predicted octanol–water partition coefficient (Wildman–Crippen LogP) is 3.57. The molecule has 0 unspecified atom stereocenters. The summed E-state index contributed by atoms with van der Waals surface area (Å²) in [6, 6.07) is 23.7. The Bertz CT molecular complexity index is 718. The topological polar surface area (TPSA) is 42.0 Å². The molecule has 1 N–H and O–H groups in total. The summed E-state index contributed by atoms with van der Waals surface area (Å²) < 4.78 is 0. The molecule has 2 aromatic carbocycles. The van der Waals surface area contributed by atoms with Gasteiger partial charge in [-0.15, -0.1) is 0 Å². The minimum Gasteiger partial charge on any atom is -0.355 e. The van der Waals surface area contributed by atoms with Crippen molar-refractivity contribution < 1.29 is 4.79 Å². The number of carbonyl (C=O) groups is 1. The van der Waals surface area contributed by atoms with E-state index in [1.54, 1.807) is 6.20 Å². The van der Waals surface area contributed by atoms with Crippen LogP contribution in [0.5, 0.6) is 0 Å². The number of benzene rings is 2. The highest BCUT2D eigenvalue weighted by molar-refractivity contribution is 5.87. The van der Waals surface area contributed by atoms with Gasteiger partial charge in [0.05, 0.1) is 5.92 Å². The van der Waals surface area contributed by atoms with Crippen LogP contribution >= 0.6 is 0 Å². The standard InChI is InChI=1S/C21H20N2O/c24-21(23-15-13-17-8-7-14-22-16-17)20(18-9-3-1-4-10-18)19-11-5-2-6-12-19/h1-12,14,16,20H,13,15H2,(H,23,24). The third kappa shape index (κ3) is 4.07. The van der Waals surface area contributed by atoms with Gasteiger partial charge in [-0.3, -0.25) is 9.78 Å². The molecule has 0 spiro atoms. The SMILES string of the molecule is O=C(NCCc1cccnc1)C(c1ccccc1)c1ccccc1. The highest BCUT2D eigenvalue weighted by atomic mass is 16.1. The first-order valence-corrected chi connectivity index (χ1v) is 8.11. The van der Waals surface area contributed by atoms with Gasteiger partial charge < -0.3 is 5.32 Å². The molecule has 0 atom stereocenters. The van der Waals surface area contributed by atoms with Gasteiger partial charge in [-0.1, -0.05) is 66.7 Å². The van der Waals surface area contributed by atoms with Gasteiger partial charge in [0.15, 0.2) is 0 Å². The maximum absolute atomic E-state index is 12.8. The fourth-order valence-electron chi connectivity index (χ4n) is 2.76. The van der Waals surface area contributed by atoms with Crippen LogP contribution in [0.4, 0.5) is 0 Å². The van der Waals surface area contributed by atoms with Crippen molar-refractivity contribution in [3.05, 3.63) is 102 Å². The highest BCUT2D eigenvalue weighted by Crippen LogP contribution is 2.24. The molecular formula is C21H20N2O. The second kappa shape index (κ2) is 8.06. The van der Waals surface area contributed by atoms with Gasteiger partial charge in [0.2, 0.25) is 5.91 Å². The number of aromatic nitrogens is 1. The second-order valence-corrected chi connectivity index (χ2v) is 5.66. The first-order valence-electron chi connectivity index (χ1n) is 8.11. The zero-order chi connectivity index (χ0) is 16.6. The largest absolute Gasteiger partial charge is 0.355 e. The summed E-state index contributed by atoms with van der Waals surface area (Å²) in [7, 11) is 0. The lowest BCUT2D eigenvalue weighted by Crippen LogP contribution is -2.31. The van der Waals surface area contributed by atoms with Crippen molar-refractivity contribution in [2.75, 3.05) is 6.54 Å².